The first kappa shape index (κ1) is 21.3. The summed E-state index contributed by atoms with van der Waals surface area (Å²) in [7, 11) is 0. The maximum absolute atomic E-state index is 13.8. The zero-order valence-corrected chi connectivity index (χ0v) is 18.3. The monoisotopic (exact) mass is 424 g/mol. The number of amides is 2. The van der Waals surface area contributed by atoms with Crippen molar-refractivity contribution in [3.8, 4) is 0 Å². The highest BCUT2D eigenvalue weighted by Gasteiger charge is 2.29. The number of H-pyrrole nitrogens is 1. The van der Waals surface area contributed by atoms with Crippen molar-refractivity contribution in [1.29, 1.82) is 0 Å². The Morgan fingerprint density at radius 2 is 2.00 bits per heavy atom. The molecule has 2 amide bonds. The summed E-state index contributed by atoms with van der Waals surface area (Å²) in [6.45, 7) is 10.4. The number of halogens is 1. The number of carbonyl (C=O) groups excluding carboxylic acids is 2. The molecule has 0 fully saturated rings. The first-order chi connectivity index (χ1) is 14.9. The van der Waals surface area contributed by atoms with E-state index in [1.54, 1.807) is 12.1 Å². The fourth-order valence-electron chi connectivity index (χ4n) is 4.47. The second-order valence-corrected chi connectivity index (χ2v) is 8.14. The van der Waals surface area contributed by atoms with Gasteiger partial charge in [-0.05, 0) is 62.7 Å². The summed E-state index contributed by atoms with van der Waals surface area (Å²) in [5.74, 6) is -0.614. The third-order valence-corrected chi connectivity index (χ3v) is 6.36. The zero-order valence-electron chi connectivity index (χ0n) is 18.3. The molecule has 0 atom stereocenters. The van der Waals surface area contributed by atoms with Crippen molar-refractivity contribution < 1.29 is 14.0 Å². The van der Waals surface area contributed by atoms with E-state index in [2.05, 4.69) is 29.0 Å². The lowest BCUT2D eigenvalue weighted by Gasteiger charge is -2.25. The number of aromatic amines is 1. The molecule has 1 aromatic heterocycles. The minimum atomic E-state index is -0.390. The maximum Gasteiger partial charge on any atom is 0.256 e. The van der Waals surface area contributed by atoms with Crippen molar-refractivity contribution in [2.24, 2.45) is 0 Å². The summed E-state index contributed by atoms with van der Waals surface area (Å²) in [4.78, 5) is 33.4. The Bertz CT molecular complexity index is 1050. The zero-order chi connectivity index (χ0) is 22.1. The maximum atomic E-state index is 13.8. The van der Waals surface area contributed by atoms with Crippen LogP contribution in [0.4, 0.5) is 10.1 Å². The van der Waals surface area contributed by atoms with Gasteiger partial charge in [0.05, 0.1) is 11.1 Å². The van der Waals surface area contributed by atoms with Gasteiger partial charge in [0, 0.05) is 42.3 Å². The molecule has 2 aliphatic rings. The van der Waals surface area contributed by atoms with Crippen LogP contribution in [0.3, 0.4) is 0 Å². The van der Waals surface area contributed by atoms with E-state index in [0.717, 1.165) is 56.0 Å². The predicted octanol–water partition coefficient (Wildman–Crippen LogP) is 3.69. The van der Waals surface area contributed by atoms with Crippen molar-refractivity contribution in [3.05, 3.63) is 52.1 Å². The predicted molar refractivity (Wildman–Crippen MR) is 120 cm³/mol. The molecular formula is C24H29FN4O2. The number of hydrogen-bond acceptors (Lipinski definition) is 3. The van der Waals surface area contributed by atoms with Crippen molar-refractivity contribution >= 4 is 29.2 Å². The van der Waals surface area contributed by atoms with Crippen LogP contribution in [0.1, 0.15) is 53.1 Å². The molecule has 4 rings (SSSR count). The molecule has 2 N–H and O–H groups in total. The lowest BCUT2D eigenvalue weighted by Crippen LogP contribution is -2.38. The summed E-state index contributed by atoms with van der Waals surface area (Å²) in [5, 5.41) is 2.77. The van der Waals surface area contributed by atoms with Gasteiger partial charge < -0.3 is 20.1 Å². The van der Waals surface area contributed by atoms with Crippen LogP contribution in [0.5, 0.6) is 0 Å². The molecule has 164 valence electrons. The largest absolute Gasteiger partial charge is 0.358 e. The molecule has 2 aromatic rings. The van der Waals surface area contributed by atoms with Gasteiger partial charge in [-0.25, -0.2) is 4.39 Å². The van der Waals surface area contributed by atoms with E-state index in [1.807, 2.05) is 11.8 Å². The molecule has 6 nitrogen and oxygen atoms in total. The average Bonchev–Trinajstić information content (AvgIpc) is 3.17. The minimum Gasteiger partial charge on any atom is -0.358 e. The smallest absolute Gasteiger partial charge is 0.256 e. The SMILES string of the molecule is CCN(CC)CCN1CCCc2[nH]c(C=C3C(=O)Nc4ccc(F)cc43)c(C)c2C1=O. The van der Waals surface area contributed by atoms with Crippen molar-refractivity contribution in [1.82, 2.24) is 14.8 Å². The van der Waals surface area contributed by atoms with Gasteiger partial charge >= 0.3 is 0 Å². The van der Waals surface area contributed by atoms with Crippen LogP contribution >= 0.6 is 0 Å². The number of rotatable bonds is 6. The lowest BCUT2D eigenvalue weighted by molar-refractivity contribution is -0.110. The Labute approximate surface area is 182 Å². The molecule has 0 radical (unpaired) electrons. The summed E-state index contributed by atoms with van der Waals surface area (Å²) in [6.07, 6.45) is 3.41. The van der Waals surface area contributed by atoms with Crippen LogP contribution < -0.4 is 5.32 Å². The third-order valence-electron chi connectivity index (χ3n) is 6.36. The standard InChI is InChI=1S/C24H29FN4O2/c1-4-28(5-2)11-12-29-10-6-7-20-22(24(29)31)15(3)21(26-20)14-18-17-13-16(25)8-9-19(17)27-23(18)30/h8-9,13-14,26H,4-7,10-12H2,1-3H3,(H,27,30). The second kappa shape index (κ2) is 8.67. The van der Waals surface area contributed by atoms with Gasteiger partial charge in [0.1, 0.15) is 5.82 Å². The number of anilines is 1. The summed E-state index contributed by atoms with van der Waals surface area (Å²) >= 11 is 0. The van der Waals surface area contributed by atoms with Crippen LogP contribution in [0.2, 0.25) is 0 Å². The van der Waals surface area contributed by atoms with Crippen molar-refractivity contribution in [3.63, 3.8) is 0 Å². The van der Waals surface area contributed by atoms with E-state index in [4.69, 9.17) is 0 Å². The van der Waals surface area contributed by atoms with E-state index >= 15 is 0 Å². The quantitative estimate of drug-likeness (QED) is 0.695. The average molecular weight is 425 g/mol. The van der Waals surface area contributed by atoms with Gasteiger partial charge in [0.25, 0.3) is 11.8 Å². The molecule has 3 heterocycles. The van der Waals surface area contributed by atoms with E-state index < -0.39 is 0 Å². The number of hydrogen-bond donors (Lipinski definition) is 2. The third kappa shape index (κ3) is 4.02. The Morgan fingerprint density at radius 3 is 2.74 bits per heavy atom. The van der Waals surface area contributed by atoms with Crippen molar-refractivity contribution in [2.45, 2.75) is 33.6 Å². The molecule has 1 aromatic carbocycles. The molecule has 0 spiro atoms. The topological polar surface area (TPSA) is 68.4 Å². The first-order valence-electron chi connectivity index (χ1n) is 11.0. The number of fused-ring (bicyclic) bond motifs is 2. The van der Waals surface area contributed by atoms with E-state index in [9.17, 15) is 14.0 Å². The van der Waals surface area contributed by atoms with Gasteiger partial charge in [-0.2, -0.15) is 0 Å². The molecule has 0 unspecified atom stereocenters. The van der Waals surface area contributed by atoms with Crippen molar-refractivity contribution in [2.75, 3.05) is 38.0 Å². The van der Waals surface area contributed by atoms with Gasteiger partial charge in [0.2, 0.25) is 0 Å². The van der Waals surface area contributed by atoms with Gasteiger partial charge in [-0.1, -0.05) is 13.8 Å². The summed E-state index contributed by atoms with van der Waals surface area (Å²) < 4.78 is 13.8. The Kier molecular flexibility index (Phi) is 5.96. The number of nitrogens with zero attached hydrogens (tertiary/aromatic N) is 2. The van der Waals surface area contributed by atoms with Crippen LogP contribution in [0.15, 0.2) is 18.2 Å². The number of likely N-dealkylation sites (N-methyl/N-ethyl adjacent to an activating group) is 1. The number of aromatic nitrogens is 1. The van der Waals surface area contributed by atoms with Crippen LogP contribution in [-0.4, -0.2) is 59.3 Å². The Balaban J connectivity index is 1.65. The number of aryl methyl sites for hydroxylation is 1. The second-order valence-electron chi connectivity index (χ2n) is 8.14. The normalized spacial score (nSPS) is 17.2. The molecule has 0 saturated carbocycles. The molecule has 0 bridgehead atoms. The fraction of sp³-hybridized carbons (Fsp3) is 0.417. The van der Waals surface area contributed by atoms with E-state index in [-0.39, 0.29) is 17.6 Å². The highest BCUT2D eigenvalue weighted by Crippen LogP contribution is 2.35. The molecular weight excluding hydrogens is 395 g/mol. The first-order valence-corrected chi connectivity index (χ1v) is 11.0. The van der Waals surface area contributed by atoms with Gasteiger partial charge in [-0.15, -0.1) is 0 Å². The molecule has 2 aliphatic heterocycles. The highest BCUT2D eigenvalue weighted by molar-refractivity contribution is 6.34. The Morgan fingerprint density at radius 1 is 1.23 bits per heavy atom. The fourth-order valence-corrected chi connectivity index (χ4v) is 4.47. The number of carbonyl (C=O) groups is 2. The summed E-state index contributed by atoms with van der Waals surface area (Å²) in [6, 6.07) is 4.26. The number of benzene rings is 1. The highest BCUT2D eigenvalue weighted by atomic mass is 19.1. The van der Waals surface area contributed by atoms with Gasteiger partial charge in [0.15, 0.2) is 0 Å². The molecule has 31 heavy (non-hydrogen) atoms. The molecule has 0 saturated heterocycles. The Hall–Kier alpha value is -2.93. The molecule has 0 aliphatic carbocycles. The lowest BCUT2D eigenvalue weighted by atomic mass is 10.0. The van der Waals surface area contributed by atoms with E-state index in [1.165, 1.54) is 12.1 Å². The molecule has 7 heteroatoms. The minimum absolute atomic E-state index is 0.0420. The summed E-state index contributed by atoms with van der Waals surface area (Å²) in [5.41, 5.74) is 4.73. The number of nitrogens with one attached hydrogen (secondary N) is 2. The van der Waals surface area contributed by atoms with Crippen LogP contribution in [-0.2, 0) is 11.2 Å². The van der Waals surface area contributed by atoms with Crippen LogP contribution in [0, 0.1) is 12.7 Å². The van der Waals surface area contributed by atoms with Crippen LogP contribution in [0.25, 0.3) is 11.6 Å². The van der Waals surface area contributed by atoms with Gasteiger partial charge in [-0.3, -0.25) is 9.59 Å². The van der Waals surface area contributed by atoms with E-state index in [0.29, 0.717) is 28.9 Å².